The molecular formula is C46H26N4O2. The maximum Gasteiger partial charge on any atom is 0.227 e. The topological polar surface area (TPSA) is 77.8 Å². The third kappa shape index (κ3) is 4.44. The third-order valence-corrected chi connectivity index (χ3v) is 9.92. The first-order valence-corrected chi connectivity index (χ1v) is 17.2. The van der Waals surface area contributed by atoms with Gasteiger partial charge in [-0.1, -0.05) is 121 Å². The highest BCUT2D eigenvalue weighted by Gasteiger charge is 2.25. The number of para-hydroxylation sites is 1. The van der Waals surface area contributed by atoms with Crippen molar-refractivity contribution in [2.75, 3.05) is 0 Å². The molecule has 6 heteroatoms. The fourth-order valence-electron chi connectivity index (χ4n) is 7.49. The van der Waals surface area contributed by atoms with E-state index in [1.165, 1.54) is 5.39 Å². The van der Waals surface area contributed by atoms with E-state index in [1.54, 1.807) is 0 Å². The summed E-state index contributed by atoms with van der Waals surface area (Å²) in [5.74, 6) is 2.11. The SMILES string of the molecule is c1ccc(-c2nc3cc4oc5ccccc5c4c(-c4nc(-c5ccc6ccccc6c5)nc(-c5cc6ccccc6c6ccccc56)n4)c3o2)cc1. The quantitative estimate of drug-likeness (QED) is 0.174. The van der Waals surface area contributed by atoms with Gasteiger partial charge in [0.15, 0.2) is 23.1 Å². The predicted molar refractivity (Wildman–Crippen MR) is 209 cm³/mol. The maximum absolute atomic E-state index is 6.69. The summed E-state index contributed by atoms with van der Waals surface area (Å²) in [4.78, 5) is 20.8. The minimum Gasteiger partial charge on any atom is -0.456 e. The molecular weight excluding hydrogens is 641 g/mol. The Morgan fingerprint density at radius 2 is 1.06 bits per heavy atom. The first-order valence-electron chi connectivity index (χ1n) is 17.2. The van der Waals surface area contributed by atoms with Crippen molar-refractivity contribution in [3.8, 4) is 45.6 Å². The summed E-state index contributed by atoms with van der Waals surface area (Å²) < 4.78 is 13.2. The van der Waals surface area contributed by atoms with Gasteiger partial charge in [-0.2, -0.15) is 0 Å². The molecule has 0 radical (unpaired) electrons. The van der Waals surface area contributed by atoms with Crippen LogP contribution in [0.2, 0.25) is 0 Å². The molecule has 11 rings (SSSR count). The molecule has 0 aliphatic rings. The van der Waals surface area contributed by atoms with E-state index >= 15 is 0 Å². The summed E-state index contributed by atoms with van der Waals surface area (Å²) in [6.07, 6.45) is 0. The number of benzene rings is 8. The molecule has 0 atom stereocenters. The van der Waals surface area contributed by atoms with Crippen LogP contribution in [0.5, 0.6) is 0 Å². The zero-order valence-corrected chi connectivity index (χ0v) is 27.6. The van der Waals surface area contributed by atoms with Gasteiger partial charge in [0.25, 0.3) is 0 Å². The van der Waals surface area contributed by atoms with E-state index in [9.17, 15) is 0 Å². The standard InChI is InChI=1S/C46H26N4O2/c1-2-13-28(14-3-1)46-47-37-26-39-40(35-20-10-11-21-38(35)51-39)41(42(37)52-46)45-49-43(31-23-22-27-12-4-5-15-29(27)24-31)48-44(50-45)36-25-30-16-6-7-17-32(30)33-18-8-9-19-34(33)36/h1-26H. The number of aromatic nitrogens is 4. The lowest BCUT2D eigenvalue weighted by Gasteiger charge is -2.13. The van der Waals surface area contributed by atoms with E-state index in [0.717, 1.165) is 60.0 Å². The Labute approximate surface area is 296 Å². The Kier molecular flexibility index (Phi) is 6.15. The molecule has 0 fully saturated rings. The third-order valence-electron chi connectivity index (χ3n) is 9.92. The highest BCUT2D eigenvalue weighted by Crippen LogP contribution is 2.43. The van der Waals surface area contributed by atoms with Gasteiger partial charge in [-0.05, 0) is 62.6 Å². The minimum atomic E-state index is 0.475. The molecule has 52 heavy (non-hydrogen) atoms. The Balaban J connectivity index is 1.27. The zero-order valence-electron chi connectivity index (χ0n) is 27.6. The number of hydrogen-bond acceptors (Lipinski definition) is 6. The number of oxazole rings is 1. The molecule has 0 N–H and O–H groups in total. The van der Waals surface area contributed by atoms with Crippen molar-refractivity contribution in [1.29, 1.82) is 0 Å². The lowest BCUT2D eigenvalue weighted by molar-refractivity contribution is 0.620. The Morgan fingerprint density at radius 3 is 1.92 bits per heavy atom. The van der Waals surface area contributed by atoms with E-state index in [2.05, 4.69) is 91.0 Å². The fraction of sp³-hybridized carbons (Fsp3) is 0. The van der Waals surface area contributed by atoms with Gasteiger partial charge in [-0.15, -0.1) is 0 Å². The molecule has 0 bridgehead atoms. The largest absolute Gasteiger partial charge is 0.456 e. The first kappa shape index (κ1) is 28.6. The van der Waals surface area contributed by atoms with Crippen LogP contribution in [0.25, 0.3) is 111 Å². The highest BCUT2D eigenvalue weighted by molar-refractivity contribution is 6.19. The monoisotopic (exact) mass is 666 g/mol. The smallest absolute Gasteiger partial charge is 0.227 e. The summed E-state index contributed by atoms with van der Waals surface area (Å²) in [5, 5.41) is 8.54. The second-order valence-corrected chi connectivity index (χ2v) is 13.0. The lowest BCUT2D eigenvalue weighted by atomic mass is 9.96. The Morgan fingerprint density at radius 1 is 0.385 bits per heavy atom. The molecule has 8 aromatic carbocycles. The van der Waals surface area contributed by atoms with E-state index < -0.39 is 0 Å². The van der Waals surface area contributed by atoms with Gasteiger partial charge in [-0.25, -0.2) is 19.9 Å². The van der Waals surface area contributed by atoms with Crippen LogP contribution in [-0.2, 0) is 0 Å². The van der Waals surface area contributed by atoms with E-state index in [1.807, 2.05) is 66.7 Å². The number of fused-ring (bicyclic) bond motifs is 8. The van der Waals surface area contributed by atoms with Crippen LogP contribution in [0.1, 0.15) is 0 Å². The lowest BCUT2D eigenvalue weighted by Crippen LogP contribution is -2.01. The molecule has 0 amide bonds. The van der Waals surface area contributed by atoms with Gasteiger partial charge in [0.1, 0.15) is 16.7 Å². The second kappa shape index (κ2) is 11.2. The van der Waals surface area contributed by atoms with Gasteiger partial charge < -0.3 is 8.83 Å². The van der Waals surface area contributed by atoms with Crippen molar-refractivity contribution in [1.82, 2.24) is 19.9 Å². The predicted octanol–water partition coefficient (Wildman–Crippen LogP) is 12.0. The van der Waals surface area contributed by atoms with Gasteiger partial charge in [-0.3, -0.25) is 0 Å². The van der Waals surface area contributed by atoms with Crippen molar-refractivity contribution in [3.05, 3.63) is 158 Å². The number of rotatable bonds is 4. The molecule has 0 saturated carbocycles. The summed E-state index contributed by atoms with van der Waals surface area (Å²) in [6, 6.07) is 53.6. The second-order valence-electron chi connectivity index (χ2n) is 13.0. The van der Waals surface area contributed by atoms with Gasteiger partial charge in [0.2, 0.25) is 5.89 Å². The van der Waals surface area contributed by atoms with E-state index in [4.69, 9.17) is 28.8 Å². The van der Waals surface area contributed by atoms with Crippen LogP contribution in [0.3, 0.4) is 0 Å². The number of furan rings is 1. The summed E-state index contributed by atoms with van der Waals surface area (Å²) >= 11 is 0. The minimum absolute atomic E-state index is 0.475. The number of hydrogen-bond donors (Lipinski definition) is 0. The fourth-order valence-corrected chi connectivity index (χ4v) is 7.49. The molecule has 6 nitrogen and oxygen atoms in total. The molecule has 11 aromatic rings. The average molecular weight is 667 g/mol. The molecule has 3 heterocycles. The summed E-state index contributed by atoms with van der Waals surface area (Å²) in [6.45, 7) is 0. The average Bonchev–Trinajstić information content (AvgIpc) is 3.81. The van der Waals surface area contributed by atoms with Crippen LogP contribution in [0, 0.1) is 0 Å². The van der Waals surface area contributed by atoms with Crippen molar-refractivity contribution in [3.63, 3.8) is 0 Å². The molecule has 242 valence electrons. The number of nitrogens with zero attached hydrogens (tertiary/aromatic N) is 4. The maximum atomic E-state index is 6.69. The summed E-state index contributed by atoms with van der Waals surface area (Å²) in [7, 11) is 0. The molecule has 0 saturated heterocycles. The Bertz CT molecular complexity index is 3200. The molecule has 0 aliphatic carbocycles. The Hall–Kier alpha value is -7.18. The summed E-state index contributed by atoms with van der Waals surface area (Å²) in [5.41, 5.74) is 6.08. The first-order chi connectivity index (χ1) is 25.7. The van der Waals surface area contributed by atoms with Gasteiger partial charge in [0, 0.05) is 33.5 Å². The molecule has 0 aliphatic heterocycles. The van der Waals surface area contributed by atoms with E-state index in [-0.39, 0.29) is 0 Å². The molecule has 3 aromatic heterocycles. The van der Waals surface area contributed by atoms with Crippen LogP contribution in [0.15, 0.2) is 167 Å². The van der Waals surface area contributed by atoms with Crippen LogP contribution in [0.4, 0.5) is 0 Å². The zero-order chi connectivity index (χ0) is 34.2. The molecule has 0 unspecified atom stereocenters. The van der Waals surface area contributed by atoms with Crippen molar-refractivity contribution < 1.29 is 8.83 Å². The normalized spacial score (nSPS) is 11.8. The van der Waals surface area contributed by atoms with Crippen LogP contribution < -0.4 is 0 Å². The molecule has 0 spiro atoms. The van der Waals surface area contributed by atoms with Crippen molar-refractivity contribution in [2.24, 2.45) is 0 Å². The van der Waals surface area contributed by atoms with Crippen molar-refractivity contribution >= 4 is 65.4 Å². The van der Waals surface area contributed by atoms with Crippen molar-refractivity contribution in [2.45, 2.75) is 0 Å². The van der Waals surface area contributed by atoms with Gasteiger partial charge in [0.05, 0.1) is 5.56 Å². The van der Waals surface area contributed by atoms with Crippen LogP contribution >= 0.6 is 0 Å². The van der Waals surface area contributed by atoms with Gasteiger partial charge >= 0.3 is 0 Å². The highest BCUT2D eigenvalue weighted by atomic mass is 16.4. The van der Waals surface area contributed by atoms with Crippen LogP contribution in [-0.4, -0.2) is 19.9 Å². The van der Waals surface area contributed by atoms with E-state index in [0.29, 0.717) is 45.6 Å².